The van der Waals surface area contributed by atoms with Gasteiger partial charge in [0.05, 0.1) is 11.2 Å². The molecule has 0 saturated heterocycles. The van der Waals surface area contributed by atoms with Gasteiger partial charge in [-0.15, -0.1) is 0 Å². The maximum Gasteiger partial charge on any atom is 0.164 e. The molecule has 0 spiro atoms. The van der Waals surface area contributed by atoms with Crippen molar-refractivity contribution in [1.82, 2.24) is 4.98 Å². The standard InChI is InChI=1S/C14H13NO/c1-9-5-6-10-8-11-12(15-13(10)7-9)3-2-4-14(11)16/h5-8H,2-4H2,1H3. The number of carbonyl (C=O) groups excluding carboxylic acids is 1. The third kappa shape index (κ3) is 1.42. The van der Waals surface area contributed by atoms with Crippen molar-refractivity contribution < 1.29 is 4.79 Å². The molecule has 0 unspecified atom stereocenters. The Morgan fingerprint density at radius 3 is 2.94 bits per heavy atom. The topological polar surface area (TPSA) is 30.0 Å². The van der Waals surface area contributed by atoms with Crippen LogP contribution in [-0.4, -0.2) is 10.8 Å². The number of aromatic nitrogens is 1. The smallest absolute Gasteiger partial charge is 0.164 e. The zero-order valence-electron chi connectivity index (χ0n) is 9.29. The molecular weight excluding hydrogens is 198 g/mol. The molecule has 1 aromatic carbocycles. The molecule has 2 nitrogen and oxygen atoms in total. The number of hydrogen-bond donors (Lipinski definition) is 0. The first-order valence-electron chi connectivity index (χ1n) is 5.67. The first-order valence-corrected chi connectivity index (χ1v) is 5.67. The van der Waals surface area contributed by atoms with Crippen molar-refractivity contribution in [3.8, 4) is 0 Å². The normalized spacial score (nSPS) is 15.2. The molecule has 1 aliphatic rings. The van der Waals surface area contributed by atoms with Crippen molar-refractivity contribution in [1.29, 1.82) is 0 Å². The molecule has 0 aliphatic heterocycles. The van der Waals surface area contributed by atoms with E-state index >= 15 is 0 Å². The van der Waals surface area contributed by atoms with Gasteiger partial charge in [0.25, 0.3) is 0 Å². The molecule has 1 heterocycles. The Morgan fingerprint density at radius 2 is 2.06 bits per heavy atom. The monoisotopic (exact) mass is 211 g/mol. The Bertz CT molecular complexity index is 587. The average Bonchev–Trinajstić information content (AvgIpc) is 2.27. The summed E-state index contributed by atoms with van der Waals surface area (Å²) in [4.78, 5) is 16.4. The molecule has 1 aromatic heterocycles. The summed E-state index contributed by atoms with van der Waals surface area (Å²) in [6.07, 6.45) is 2.55. The molecule has 2 heteroatoms. The summed E-state index contributed by atoms with van der Waals surface area (Å²) in [6.45, 7) is 2.06. The van der Waals surface area contributed by atoms with Crippen LogP contribution in [0.25, 0.3) is 10.9 Å². The summed E-state index contributed by atoms with van der Waals surface area (Å²) >= 11 is 0. The SMILES string of the molecule is Cc1ccc2cc3c(nc2c1)CCCC3=O. The van der Waals surface area contributed by atoms with Crippen LogP contribution in [0.5, 0.6) is 0 Å². The molecule has 0 N–H and O–H groups in total. The Balaban J connectivity index is 2.30. The van der Waals surface area contributed by atoms with Crippen LogP contribution in [0.4, 0.5) is 0 Å². The third-order valence-corrected chi connectivity index (χ3v) is 3.17. The summed E-state index contributed by atoms with van der Waals surface area (Å²) in [6, 6.07) is 8.18. The van der Waals surface area contributed by atoms with Gasteiger partial charge in [-0.2, -0.15) is 0 Å². The average molecular weight is 211 g/mol. The van der Waals surface area contributed by atoms with Crippen molar-refractivity contribution in [2.75, 3.05) is 0 Å². The zero-order chi connectivity index (χ0) is 11.1. The lowest BCUT2D eigenvalue weighted by atomic mass is 9.93. The van der Waals surface area contributed by atoms with Gasteiger partial charge in [-0.3, -0.25) is 9.78 Å². The molecule has 16 heavy (non-hydrogen) atoms. The van der Waals surface area contributed by atoms with E-state index in [4.69, 9.17) is 0 Å². The Kier molecular flexibility index (Phi) is 2.03. The highest BCUT2D eigenvalue weighted by atomic mass is 16.1. The number of fused-ring (bicyclic) bond motifs is 2. The second-order valence-corrected chi connectivity index (χ2v) is 4.46. The molecule has 1 aliphatic carbocycles. The highest BCUT2D eigenvalue weighted by Crippen LogP contribution is 2.24. The number of hydrogen-bond acceptors (Lipinski definition) is 2. The number of nitrogens with zero attached hydrogens (tertiary/aromatic N) is 1. The van der Waals surface area contributed by atoms with Gasteiger partial charge < -0.3 is 0 Å². The summed E-state index contributed by atoms with van der Waals surface area (Å²) in [5.74, 6) is 0.247. The summed E-state index contributed by atoms with van der Waals surface area (Å²) in [5, 5.41) is 1.07. The van der Waals surface area contributed by atoms with Crippen LogP contribution >= 0.6 is 0 Å². The molecule has 2 aromatic rings. The zero-order valence-corrected chi connectivity index (χ0v) is 9.29. The number of pyridine rings is 1. The van der Waals surface area contributed by atoms with Crippen LogP contribution in [0.15, 0.2) is 24.3 Å². The van der Waals surface area contributed by atoms with Crippen molar-refractivity contribution in [2.24, 2.45) is 0 Å². The predicted octanol–water partition coefficient (Wildman–Crippen LogP) is 3.06. The molecule has 0 amide bonds. The van der Waals surface area contributed by atoms with Gasteiger partial charge in [0.15, 0.2) is 5.78 Å². The van der Waals surface area contributed by atoms with Crippen molar-refractivity contribution >= 4 is 16.7 Å². The highest BCUT2D eigenvalue weighted by Gasteiger charge is 2.18. The van der Waals surface area contributed by atoms with Gasteiger partial charge in [-0.25, -0.2) is 0 Å². The molecule has 0 atom stereocenters. The highest BCUT2D eigenvalue weighted by molar-refractivity contribution is 6.01. The lowest BCUT2D eigenvalue weighted by molar-refractivity contribution is 0.0972. The van der Waals surface area contributed by atoms with E-state index in [1.165, 1.54) is 5.56 Å². The van der Waals surface area contributed by atoms with Crippen LogP contribution in [0.3, 0.4) is 0 Å². The number of aryl methyl sites for hydroxylation is 2. The van der Waals surface area contributed by atoms with E-state index < -0.39 is 0 Å². The largest absolute Gasteiger partial charge is 0.294 e. The third-order valence-electron chi connectivity index (χ3n) is 3.17. The van der Waals surface area contributed by atoms with E-state index in [2.05, 4.69) is 24.0 Å². The summed E-state index contributed by atoms with van der Waals surface area (Å²) < 4.78 is 0. The Morgan fingerprint density at radius 1 is 1.19 bits per heavy atom. The van der Waals surface area contributed by atoms with Crippen LogP contribution in [0.1, 0.15) is 34.5 Å². The Labute approximate surface area is 94.3 Å². The van der Waals surface area contributed by atoms with Crippen molar-refractivity contribution in [3.63, 3.8) is 0 Å². The quantitative estimate of drug-likeness (QED) is 0.670. The first-order chi connectivity index (χ1) is 7.74. The van der Waals surface area contributed by atoms with Gasteiger partial charge >= 0.3 is 0 Å². The van der Waals surface area contributed by atoms with E-state index in [0.29, 0.717) is 6.42 Å². The molecule has 0 radical (unpaired) electrons. The van der Waals surface area contributed by atoms with Crippen LogP contribution < -0.4 is 0 Å². The van der Waals surface area contributed by atoms with Crippen LogP contribution in [-0.2, 0) is 6.42 Å². The molecule has 0 saturated carbocycles. The molecule has 3 rings (SSSR count). The molecule has 0 bridgehead atoms. The Hall–Kier alpha value is -1.70. The minimum absolute atomic E-state index is 0.247. The van der Waals surface area contributed by atoms with Crippen molar-refractivity contribution in [2.45, 2.75) is 26.2 Å². The maximum atomic E-state index is 11.8. The fourth-order valence-electron chi connectivity index (χ4n) is 2.30. The second-order valence-electron chi connectivity index (χ2n) is 4.46. The molecule has 80 valence electrons. The van der Waals surface area contributed by atoms with Gasteiger partial charge in [-0.1, -0.05) is 12.1 Å². The van der Waals surface area contributed by atoms with Crippen LogP contribution in [0.2, 0.25) is 0 Å². The fraction of sp³-hybridized carbons (Fsp3) is 0.286. The summed E-state index contributed by atoms with van der Waals surface area (Å²) in [7, 11) is 0. The van der Waals surface area contributed by atoms with Gasteiger partial charge in [0, 0.05) is 17.4 Å². The van der Waals surface area contributed by atoms with Gasteiger partial charge in [0.1, 0.15) is 0 Å². The number of rotatable bonds is 0. The second kappa shape index (κ2) is 3.41. The van der Waals surface area contributed by atoms with E-state index in [0.717, 1.165) is 35.0 Å². The summed E-state index contributed by atoms with van der Waals surface area (Å²) in [5.41, 5.74) is 4.03. The predicted molar refractivity (Wildman–Crippen MR) is 63.7 cm³/mol. The lowest BCUT2D eigenvalue weighted by Crippen LogP contribution is -2.12. The molecule has 0 fully saturated rings. The minimum Gasteiger partial charge on any atom is -0.294 e. The van der Waals surface area contributed by atoms with Gasteiger partial charge in [-0.05, 0) is 37.5 Å². The number of Topliss-reactive ketones (excluding diaryl/α,β-unsaturated/α-hetero) is 1. The fourth-order valence-corrected chi connectivity index (χ4v) is 2.30. The van der Waals surface area contributed by atoms with E-state index in [1.54, 1.807) is 0 Å². The maximum absolute atomic E-state index is 11.8. The lowest BCUT2D eigenvalue weighted by Gasteiger charge is -2.14. The number of benzene rings is 1. The number of ketones is 1. The minimum atomic E-state index is 0.247. The van der Waals surface area contributed by atoms with Gasteiger partial charge in [0.2, 0.25) is 0 Å². The van der Waals surface area contributed by atoms with Crippen LogP contribution in [0, 0.1) is 6.92 Å². The van der Waals surface area contributed by atoms with E-state index in [1.807, 2.05) is 12.1 Å². The first kappa shape index (κ1) is 9.52. The molecular formula is C14H13NO. The number of carbonyl (C=O) groups is 1. The van der Waals surface area contributed by atoms with E-state index in [9.17, 15) is 4.79 Å². The van der Waals surface area contributed by atoms with Crippen molar-refractivity contribution in [3.05, 3.63) is 41.1 Å². The van der Waals surface area contributed by atoms with E-state index in [-0.39, 0.29) is 5.78 Å².